The van der Waals surface area contributed by atoms with Crippen LogP contribution in [0.1, 0.15) is 18.4 Å². The van der Waals surface area contributed by atoms with Crippen LogP contribution in [0.4, 0.5) is 0 Å². The van der Waals surface area contributed by atoms with Crippen LogP contribution in [0.25, 0.3) is 0 Å². The van der Waals surface area contributed by atoms with Crippen molar-refractivity contribution in [3.63, 3.8) is 0 Å². The maximum absolute atomic E-state index is 5.95. The molecule has 0 bridgehead atoms. The van der Waals surface area contributed by atoms with Gasteiger partial charge in [0.15, 0.2) is 0 Å². The van der Waals surface area contributed by atoms with Crippen molar-refractivity contribution >= 4 is 0 Å². The van der Waals surface area contributed by atoms with Crippen molar-refractivity contribution in [2.75, 3.05) is 6.61 Å². The summed E-state index contributed by atoms with van der Waals surface area (Å²) in [5, 5.41) is 0. The molecular weight excluding hydrogens is 174 g/mol. The van der Waals surface area contributed by atoms with Crippen LogP contribution in [-0.4, -0.2) is 12.6 Å². The standard InChI is InChI=1S/C12H17NO/c1-9-4-2-3-5-12(9)14-8-11(13)10-6-7-10/h2-5,10-11H,6-8,13H2,1H3/t11-/m0/s1. The van der Waals surface area contributed by atoms with Gasteiger partial charge in [-0.3, -0.25) is 0 Å². The minimum atomic E-state index is 0.217. The first-order chi connectivity index (χ1) is 6.77. The predicted molar refractivity (Wildman–Crippen MR) is 57.4 cm³/mol. The Morgan fingerprint density at radius 3 is 2.79 bits per heavy atom. The van der Waals surface area contributed by atoms with Gasteiger partial charge in [-0.1, -0.05) is 18.2 Å². The number of hydrogen-bond acceptors (Lipinski definition) is 2. The molecule has 0 spiro atoms. The van der Waals surface area contributed by atoms with Crippen molar-refractivity contribution in [1.29, 1.82) is 0 Å². The van der Waals surface area contributed by atoms with E-state index in [0.717, 1.165) is 5.75 Å². The molecule has 1 aliphatic carbocycles. The molecule has 2 nitrogen and oxygen atoms in total. The maximum atomic E-state index is 5.95. The second kappa shape index (κ2) is 4.01. The molecule has 1 aromatic rings. The Balaban J connectivity index is 1.87. The van der Waals surface area contributed by atoms with Gasteiger partial charge in [0.05, 0.1) is 0 Å². The summed E-state index contributed by atoms with van der Waals surface area (Å²) in [6, 6.07) is 8.27. The quantitative estimate of drug-likeness (QED) is 0.791. The van der Waals surface area contributed by atoms with Crippen molar-refractivity contribution < 1.29 is 4.74 Å². The molecule has 0 saturated heterocycles. The Morgan fingerprint density at radius 2 is 2.14 bits per heavy atom. The van der Waals surface area contributed by atoms with E-state index in [0.29, 0.717) is 12.5 Å². The van der Waals surface area contributed by atoms with Gasteiger partial charge in [0.1, 0.15) is 12.4 Å². The van der Waals surface area contributed by atoms with Crippen LogP contribution in [0.5, 0.6) is 5.75 Å². The topological polar surface area (TPSA) is 35.2 Å². The van der Waals surface area contributed by atoms with E-state index in [4.69, 9.17) is 10.5 Å². The Bertz CT molecular complexity index is 307. The van der Waals surface area contributed by atoms with Crippen LogP contribution >= 0.6 is 0 Å². The molecule has 2 N–H and O–H groups in total. The van der Waals surface area contributed by atoms with Gasteiger partial charge in [-0.25, -0.2) is 0 Å². The summed E-state index contributed by atoms with van der Waals surface area (Å²) < 4.78 is 5.67. The smallest absolute Gasteiger partial charge is 0.122 e. The van der Waals surface area contributed by atoms with E-state index < -0.39 is 0 Å². The molecule has 1 aromatic carbocycles. The fraction of sp³-hybridized carbons (Fsp3) is 0.500. The summed E-state index contributed by atoms with van der Waals surface area (Å²) in [4.78, 5) is 0. The molecule has 0 radical (unpaired) electrons. The SMILES string of the molecule is Cc1ccccc1OC[C@H](N)C1CC1. The second-order valence-corrected chi connectivity index (χ2v) is 4.08. The van der Waals surface area contributed by atoms with Crippen molar-refractivity contribution in [3.05, 3.63) is 29.8 Å². The van der Waals surface area contributed by atoms with E-state index in [2.05, 4.69) is 13.0 Å². The Morgan fingerprint density at radius 1 is 1.43 bits per heavy atom. The lowest BCUT2D eigenvalue weighted by molar-refractivity contribution is 0.274. The Labute approximate surface area is 85.1 Å². The van der Waals surface area contributed by atoms with Gasteiger partial charge in [0, 0.05) is 6.04 Å². The number of rotatable bonds is 4. The molecule has 2 rings (SSSR count). The summed E-state index contributed by atoms with van der Waals surface area (Å²) in [5.74, 6) is 1.67. The van der Waals surface area contributed by atoms with E-state index in [9.17, 15) is 0 Å². The van der Waals surface area contributed by atoms with Gasteiger partial charge in [-0.05, 0) is 37.3 Å². The van der Waals surface area contributed by atoms with Crippen LogP contribution in [0.15, 0.2) is 24.3 Å². The van der Waals surface area contributed by atoms with E-state index >= 15 is 0 Å². The van der Waals surface area contributed by atoms with E-state index in [1.807, 2.05) is 18.2 Å². The summed E-state index contributed by atoms with van der Waals surface area (Å²) in [6.45, 7) is 2.70. The largest absolute Gasteiger partial charge is 0.492 e. The monoisotopic (exact) mass is 191 g/mol. The minimum absolute atomic E-state index is 0.217. The van der Waals surface area contributed by atoms with Gasteiger partial charge in [-0.2, -0.15) is 0 Å². The molecule has 0 aliphatic heterocycles. The van der Waals surface area contributed by atoms with Gasteiger partial charge in [0.2, 0.25) is 0 Å². The summed E-state index contributed by atoms with van der Waals surface area (Å²) in [6.07, 6.45) is 2.55. The third kappa shape index (κ3) is 2.26. The summed E-state index contributed by atoms with van der Waals surface area (Å²) in [7, 11) is 0. The molecule has 2 heteroatoms. The Kier molecular flexibility index (Phi) is 2.73. The number of ether oxygens (including phenoxy) is 1. The minimum Gasteiger partial charge on any atom is -0.492 e. The number of para-hydroxylation sites is 1. The number of benzene rings is 1. The van der Waals surface area contributed by atoms with Gasteiger partial charge >= 0.3 is 0 Å². The van der Waals surface area contributed by atoms with Gasteiger partial charge in [-0.15, -0.1) is 0 Å². The van der Waals surface area contributed by atoms with Crippen LogP contribution < -0.4 is 10.5 Å². The first-order valence-corrected chi connectivity index (χ1v) is 5.21. The fourth-order valence-electron chi connectivity index (χ4n) is 1.56. The molecule has 1 saturated carbocycles. The molecule has 14 heavy (non-hydrogen) atoms. The molecule has 0 heterocycles. The van der Waals surface area contributed by atoms with Crippen molar-refractivity contribution in [1.82, 2.24) is 0 Å². The fourth-order valence-corrected chi connectivity index (χ4v) is 1.56. The van der Waals surface area contributed by atoms with E-state index in [1.165, 1.54) is 18.4 Å². The van der Waals surface area contributed by atoms with Crippen LogP contribution in [0.2, 0.25) is 0 Å². The lowest BCUT2D eigenvalue weighted by Gasteiger charge is -2.13. The summed E-state index contributed by atoms with van der Waals surface area (Å²) in [5.41, 5.74) is 7.13. The van der Waals surface area contributed by atoms with Gasteiger partial charge in [0.25, 0.3) is 0 Å². The van der Waals surface area contributed by atoms with E-state index in [1.54, 1.807) is 0 Å². The molecule has 76 valence electrons. The first-order valence-electron chi connectivity index (χ1n) is 5.21. The van der Waals surface area contributed by atoms with E-state index in [-0.39, 0.29) is 6.04 Å². The molecule has 0 aromatic heterocycles. The zero-order valence-electron chi connectivity index (χ0n) is 8.57. The highest BCUT2D eigenvalue weighted by atomic mass is 16.5. The van der Waals surface area contributed by atoms with Gasteiger partial charge < -0.3 is 10.5 Å². The highest BCUT2D eigenvalue weighted by Crippen LogP contribution is 2.31. The van der Waals surface area contributed by atoms with Crippen LogP contribution in [0.3, 0.4) is 0 Å². The molecule has 1 aliphatic rings. The van der Waals surface area contributed by atoms with Crippen molar-refractivity contribution in [3.8, 4) is 5.75 Å². The lowest BCUT2D eigenvalue weighted by atomic mass is 10.2. The predicted octanol–water partition coefficient (Wildman–Crippen LogP) is 2.11. The lowest BCUT2D eigenvalue weighted by Crippen LogP contribution is -2.29. The third-order valence-corrected chi connectivity index (χ3v) is 2.75. The zero-order chi connectivity index (χ0) is 9.97. The molecular formula is C12H17NO. The number of hydrogen-bond donors (Lipinski definition) is 1. The summed E-state index contributed by atoms with van der Waals surface area (Å²) >= 11 is 0. The average Bonchev–Trinajstić information content (AvgIpc) is 2.99. The van der Waals surface area contributed by atoms with Crippen molar-refractivity contribution in [2.24, 2.45) is 11.7 Å². The highest BCUT2D eigenvalue weighted by molar-refractivity contribution is 5.31. The molecule has 1 atom stereocenters. The molecule has 1 fully saturated rings. The number of nitrogens with two attached hydrogens (primary N) is 1. The normalized spacial score (nSPS) is 17.9. The molecule has 0 unspecified atom stereocenters. The first kappa shape index (κ1) is 9.53. The molecule has 0 amide bonds. The average molecular weight is 191 g/mol. The zero-order valence-corrected chi connectivity index (χ0v) is 8.57. The van der Waals surface area contributed by atoms with Crippen LogP contribution in [0, 0.1) is 12.8 Å². The second-order valence-electron chi connectivity index (χ2n) is 4.08. The highest BCUT2D eigenvalue weighted by Gasteiger charge is 2.28. The van der Waals surface area contributed by atoms with Crippen molar-refractivity contribution in [2.45, 2.75) is 25.8 Å². The Hall–Kier alpha value is -1.02. The van der Waals surface area contributed by atoms with Crippen LogP contribution in [-0.2, 0) is 0 Å². The maximum Gasteiger partial charge on any atom is 0.122 e. The number of aryl methyl sites for hydroxylation is 1. The third-order valence-electron chi connectivity index (χ3n) is 2.75.